The molecule has 5 heterocycles. The number of benzene rings is 2. The Labute approximate surface area is 227 Å². The van der Waals surface area contributed by atoms with Gasteiger partial charge in [-0.05, 0) is 40.3 Å². The minimum atomic E-state index is -0.557. The van der Waals surface area contributed by atoms with Crippen molar-refractivity contribution in [2.75, 3.05) is 33.0 Å². The number of pyridine rings is 1. The molecule has 1 atom stereocenters. The van der Waals surface area contributed by atoms with E-state index < -0.39 is 6.04 Å². The largest absolute Gasteiger partial charge is 0.459 e. The summed E-state index contributed by atoms with van der Waals surface area (Å²) in [6, 6.07) is 18.2. The zero-order chi connectivity index (χ0) is 27.1. The van der Waals surface area contributed by atoms with E-state index >= 15 is 0 Å². The summed E-state index contributed by atoms with van der Waals surface area (Å²) >= 11 is 0. The van der Waals surface area contributed by atoms with Gasteiger partial charge in [0.2, 0.25) is 6.79 Å². The molecule has 7 rings (SSSR count). The van der Waals surface area contributed by atoms with Gasteiger partial charge in [-0.3, -0.25) is 14.5 Å². The maximum absolute atomic E-state index is 13.6. The van der Waals surface area contributed by atoms with Crippen molar-refractivity contribution in [2.24, 2.45) is 0 Å². The molecule has 12 heteroatoms. The van der Waals surface area contributed by atoms with Crippen LogP contribution in [0.4, 0.5) is 0 Å². The average Bonchev–Trinajstić information content (AvgIpc) is 3.76. The van der Waals surface area contributed by atoms with E-state index in [1.54, 1.807) is 27.8 Å². The molecule has 40 heavy (non-hydrogen) atoms. The molecule has 5 aromatic rings. The fourth-order valence-electron chi connectivity index (χ4n) is 5.33. The first-order valence-corrected chi connectivity index (χ1v) is 13.0. The normalized spacial score (nSPS) is 15.9. The molecule has 12 nitrogen and oxygen atoms in total. The third kappa shape index (κ3) is 4.37. The van der Waals surface area contributed by atoms with Crippen LogP contribution in [0, 0.1) is 0 Å². The van der Waals surface area contributed by atoms with Crippen LogP contribution in [0.5, 0.6) is 11.5 Å². The summed E-state index contributed by atoms with van der Waals surface area (Å²) in [6.07, 6.45) is 1.49. The van der Waals surface area contributed by atoms with E-state index in [4.69, 9.17) is 13.9 Å². The molecule has 1 N–H and O–H groups in total. The highest BCUT2D eigenvalue weighted by Gasteiger charge is 2.34. The lowest BCUT2D eigenvalue weighted by atomic mass is 10.0. The van der Waals surface area contributed by atoms with Gasteiger partial charge in [-0.2, -0.15) is 0 Å². The Morgan fingerprint density at radius 1 is 0.975 bits per heavy atom. The first kappa shape index (κ1) is 24.1. The maximum atomic E-state index is 13.6. The van der Waals surface area contributed by atoms with Crippen molar-refractivity contribution in [3.63, 3.8) is 0 Å². The number of amides is 1. The molecule has 0 spiro atoms. The molecule has 202 valence electrons. The standard InChI is InChI=1S/C28H25N7O5/c36-27-20(13-19-14-23-24(40-17-39-23)15-21(19)29-27)25(26-30-31-32-35(26)16-18-5-2-1-3-6-18)33-8-10-34(11-9-33)28(37)22-7-4-12-38-22/h1-7,12-15,25H,8-11,16-17H2,(H,29,36). The van der Waals surface area contributed by atoms with Gasteiger partial charge >= 0.3 is 0 Å². The van der Waals surface area contributed by atoms with Crippen LogP contribution < -0.4 is 15.0 Å². The first-order chi connectivity index (χ1) is 19.6. The zero-order valence-electron chi connectivity index (χ0n) is 21.4. The molecule has 2 aliphatic rings. The Balaban J connectivity index is 1.27. The van der Waals surface area contributed by atoms with Gasteiger partial charge in [0.15, 0.2) is 23.1 Å². The highest BCUT2D eigenvalue weighted by atomic mass is 16.7. The molecule has 0 saturated carbocycles. The summed E-state index contributed by atoms with van der Waals surface area (Å²) in [5, 5.41) is 13.5. The summed E-state index contributed by atoms with van der Waals surface area (Å²) in [6.45, 7) is 2.52. The summed E-state index contributed by atoms with van der Waals surface area (Å²) in [7, 11) is 0. The van der Waals surface area contributed by atoms with Crippen molar-refractivity contribution in [1.29, 1.82) is 0 Å². The highest BCUT2D eigenvalue weighted by Crippen LogP contribution is 2.36. The predicted octanol–water partition coefficient (Wildman–Crippen LogP) is 2.43. The number of hydrogen-bond donors (Lipinski definition) is 1. The lowest BCUT2D eigenvalue weighted by molar-refractivity contribution is 0.0558. The van der Waals surface area contributed by atoms with Crippen LogP contribution in [0.3, 0.4) is 0 Å². The molecule has 0 radical (unpaired) electrons. The third-order valence-electron chi connectivity index (χ3n) is 7.34. The van der Waals surface area contributed by atoms with Crippen molar-refractivity contribution < 1.29 is 18.7 Å². The molecule has 0 aliphatic carbocycles. The number of fused-ring (bicyclic) bond motifs is 2. The van der Waals surface area contributed by atoms with Crippen molar-refractivity contribution in [1.82, 2.24) is 35.0 Å². The van der Waals surface area contributed by atoms with Crippen molar-refractivity contribution in [2.45, 2.75) is 12.6 Å². The number of carbonyl (C=O) groups excluding carboxylic acids is 1. The van der Waals surface area contributed by atoms with Crippen LogP contribution in [-0.4, -0.2) is 73.9 Å². The molecule has 2 aromatic carbocycles. The zero-order valence-corrected chi connectivity index (χ0v) is 21.4. The average molecular weight is 540 g/mol. The Hall–Kier alpha value is -4.97. The van der Waals surface area contributed by atoms with Gasteiger partial charge in [-0.1, -0.05) is 30.3 Å². The number of nitrogens with zero attached hydrogens (tertiary/aromatic N) is 6. The Morgan fingerprint density at radius 2 is 1.77 bits per heavy atom. The number of nitrogens with one attached hydrogen (secondary N) is 1. The fraction of sp³-hybridized carbons (Fsp3) is 0.250. The van der Waals surface area contributed by atoms with Crippen molar-refractivity contribution in [3.8, 4) is 11.5 Å². The van der Waals surface area contributed by atoms with E-state index in [2.05, 4.69) is 25.4 Å². The summed E-state index contributed by atoms with van der Waals surface area (Å²) < 4.78 is 18.1. The number of aromatic nitrogens is 5. The van der Waals surface area contributed by atoms with E-state index in [0.717, 1.165) is 10.9 Å². The molecule has 2 aliphatic heterocycles. The van der Waals surface area contributed by atoms with Crippen molar-refractivity contribution in [3.05, 3.63) is 100.0 Å². The Bertz CT molecular complexity index is 1720. The second-order valence-electron chi connectivity index (χ2n) is 9.73. The lowest BCUT2D eigenvalue weighted by Crippen LogP contribution is -2.50. The third-order valence-corrected chi connectivity index (χ3v) is 7.34. The number of tetrazole rings is 1. The molecular weight excluding hydrogens is 514 g/mol. The minimum absolute atomic E-state index is 0.140. The number of carbonyl (C=O) groups is 1. The number of ether oxygens (including phenoxy) is 2. The summed E-state index contributed by atoms with van der Waals surface area (Å²) in [5.74, 6) is 1.91. The number of furan rings is 1. The second-order valence-corrected chi connectivity index (χ2v) is 9.73. The van der Waals surface area contributed by atoms with Crippen LogP contribution >= 0.6 is 0 Å². The van der Waals surface area contributed by atoms with Gasteiger partial charge in [0.25, 0.3) is 11.5 Å². The van der Waals surface area contributed by atoms with Gasteiger partial charge in [0, 0.05) is 43.2 Å². The van der Waals surface area contributed by atoms with Gasteiger partial charge in [-0.15, -0.1) is 5.10 Å². The number of H-pyrrole nitrogens is 1. The minimum Gasteiger partial charge on any atom is -0.459 e. The molecule has 1 unspecified atom stereocenters. The topological polar surface area (TPSA) is 132 Å². The van der Waals surface area contributed by atoms with Crippen LogP contribution in [0.15, 0.2) is 76.1 Å². The molecule has 1 amide bonds. The molecule has 1 saturated heterocycles. The maximum Gasteiger partial charge on any atom is 0.289 e. The molecule has 0 bridgehead atoms. The lowest BCUT2D eigenvalue weighted by Gasteiger charge is -2.38. The highest BCUT2D eigenvalue weighted by molar-refractivity contribution is 5.91. The number of hydrogen-bond acceptors (Lipinski definition) is 9. The Kier molecular flexibility index (Phi) is 6.00. The van der Waals surface area contributed by atoms with Crippen LogP contribution in [-0.2, 0) is 6.54 Å². The van der Waals surface area contributed by atoms with E-state index in [9.17, 15) is 9.59 Å². The predicted molar refractivity (Wildman–Crippen MR) is 142 cm³/mol. The number of aromatic amines is 1. The SMILES string of the molecule is O=C(c1ccco1)N1CCN(C(c2cc3cc4c(cc3[nH]c2=O)OCO4)c2nnnn2Cc2ccccc2)CC1. The van der Waals surface area contributed by atoms with Gasteiger partial charge in [-0.25, -0.2) is 4.68 Å². The fourth-order valence-corrected chi connectivity index (χ4v) is 5.33. The molecule has 1 fully saturated rings. The number of piperazine rings is 1. The van der Waals surface area contributed by atoms with Crippen LogP contribution in [0.1, 0.15) is 33.5 Å². The quantitative estimate of drug-likeness (QED) is 0.346. The van der Waals surface area contributed by atoms with Gasteiger partial charge < -0.3 is 23.8 Å². The van der Waals surface area contributed by atoms with E-state index in [0.29, 0.717) is 66.9 Å². The summed E-state index contributed by atoms with van der Waals surface area (Å²) in [5.41, 5.74) is 1.93. The second kappa shape index (κ2) is 9.97. The molecule has 3 aromatic heterocycles. The number of rotatable bonds is 6. The Morgan fingerprint density at radius 3 is 2.55 bits per heavy atom. The van der Waals surface area contributed by atoms with Gasteiger partial charge in [0.05, 0.1) is 18.3 Å². The summed E-state index contributed by atoms with van der Waals surface area (Å²) in [4.78, 5) is 33.4. The first-order valence-electron chi connectivity index (χ1n) is 13.0. The van der Waals surface area contributed by atoms with Crippen LogP contribution in [0.25, 0.3) is 10.9 Å². The van der Waals surface area contributed by atoms with E-state index in [1.807, 2.05) is 42.5 Å². The monoisotopic (exact) mass is 539 g/mol. The van der Waals surface area contributed by atoms with Crippen molar-refractivity contribution >= 4 is 16.8 Å². The van der Waals surface area contributed by atoms with Gasteiger partial charge in [0.1, 0.15) is 6.04 Å². The smallest absolute Gasteiger partial charge is 0.289 e. The van der Waals surface area contributed by atoms with E-state index in [1.165, 1.54) is 6.26 Å². The molecular formula is C28H25N7O5. The van der Waals surface area contributed by atoms with E-state index in [-0.39, 0.29) is 18.3 Å². The van der Waals surface area contributed by atoms with Crippen LogP contribution in [0.2, 0.25) is 0 Å².